The molecule has 112 valence electrons. The third kappa shape index (κ3) is 4.16. The van der Waals surface area contributed by atoms with E-state index in [2.05, 4.69) is 21.3 Å². The summed E-state index contributed by atoms with van der Waals surface area (Å²) in [7, 11) is 5.69. The van der Waals surface area contributed by atoms with E-state index in [-0.39, 0.29) is 11.9 Å². The summed E-state index contributed by atoms with van der Waals surface area (Å²) in [5.41, 5.74) is 1.15. The van der Waals surface area contributed by atoms with Crippen molar-refractivity contribution in [3.8, 4) is 5.75 Å². The molecule has 0 bridgehead atoms. The number of hydrogen-bond acceptors (Lipinski definition) is 4. The monoisotopic (exact) mass is 289 g/mol. The van der Waals surface area contributed by atoms with E-state index in [1.807, 2.05) is 32.3 Å². The molecule has 1 N–H and O–H groups in total. The SMILES string of the molecule is COc1cccc(C(CNc2ccc(F)cn2)N(C)C)c1. The van der Waals surface area contributed by atoms with Gasteiger partial charge >= 0.3 is 0 Å². The summed E-state index contributed by atoms with van der Waals surface area (Å²) >= 11 is 0. The van der Waals surface area contributed by atoms with Gasteiger partial charge < -0.3 is 15.0 Å². The van der Waals surface area contributed by atoms with Crippen LogP contribution in [0.25, 0.3) is 0 Å². The van der Waals surface area contributed by atoms with E-state index in [1.165, 1.54) is 12.3 Å². The molecule has 1 aromatic heterocycles. The molecule has 0 fully saturated rings. The third-order valence-electron chi connectivity index (χ3n) is 3.31. The Kier molecular flexibility index (Phi) is 5.11. The summed E-state index contributed by atoms with van der Waals surface area (Å²) in [6, 6.07) is 11.2. The lowest BCUT2D eigenvalue weighted by molar-refractivity contribution is 0.310. The number of halogens is 1. The number of nitrogens with one attached hydrogen (secondary N) is 1. The van der Waals surface area contributed by atoms with E-state index in [0.717, 1.165) is 11.3 Å². The molecule has 0 aliphatic heterocycles. The van der Waals surface area contributed by atoms with Gasteiger partial charge in [-0.2, -0.15) is 0 Å². The molecule has 1 atom stereocenters. The average Bonchev–Trinajstić information content (AvgIpc) is 2.49. The predicted molar refractivity (Wildman–Crippen MR) is 82.1 cm³/mol. The number of anilines is 1. The minimum Gasteiger partial charge on any atom is -0.497 e. The van der Waals surface area contributed by atoms with Gasteiger partial charge in [-0.1, -0.05) is 12.1 Å². The second-order valence-corrected chi connectivity index (χ2v) is 5.00. The van der Waals surface area contributed by atoms with Crippen LogP contribution in [0.5, 0.6) is 5.75 Å². The first-order valence-corrected chi connectivity index (χ1v) is 6.76. The molecule has 2 rings (SSSR count). The van der Waals surface area contributed by atoms with Crippen LogP contribution in [0.1, 0.15) is 11.6 Å². The van der Waals surface area contributed by atoms with Crippen molar-refractivity contribution in [2.45, 2.75) is 6.04 Å². The number of likely N-dealkylation sites (N-methyl/N-ethyl adjacent to an activating group) is 1. The molecule has 1 unspecified atom stereocenters. The highest BCUT2D eigenvalue weighted by molar-refractivity contribution is 5.36. The van der Waals surface area contributed by atoms with Gasteiger partial charge in [0.1, 0.15) is 17.4 Å². The highest BCUT2D eigenvalue weighted by atomic mass is 19.1. The van der Waals surface area contributed by atoms with Crippen molar-refractivity contribution in [1.82, 2.24) is 9.88 Å². The number of hydrogen-bond donors (Lipinski definition) is 1. The van der Waals surface area contributed by atoms with Crippen LogP contribution in [0.3, 0.4) is 0 Å². The molecule has 2 aromatic rings. The fourth-order valence-electron chi connectivity index (χ4n) is 2.13. The van der Waals surface area contributed by atoms with Crippen molar-refractivity contribution >= 4 is 5.82 Å². The van der Waals surface area contributed by atoms with Gasteiger partial charge in [-0.25, -0.2) is 9.37 Å². The smallest absolute Gasteiger partial charge is 0.141 e. The molecular weight excluding hydrogens is 269 g/mol. The first-order chi connectivity index (χ1) is 10.1. The first kappa shape index (κ1) is 15.3. The van der Waals surface area contributed by atoms with Crippen molar-refractivity contribution in [3.05, 3.63) is 54.0 Å². The number of benzene rings is 1. The van der Waals surface area contributed by atoms with E-state index in [9.17, 15) is 4.39 Å². The van der Waals surface area contributed by atoms with Crippen LogP contribution in [0.2, 0.25) is 0 Å². The van der Waals surface area contributed by atoms with Crippen molar-refractivity contribution in [2.75, 3.05) is 33.1 Å². The molecule has 4 nitrogen and oxygen atoms in total. The van der Waals surface area contributed by atoms with Gasteiger partial charge in [-0.15, -0.1) is 0 Å². The van der Waals surface area contributed by atoms with Gasteiger partial charge in [-0.05, 0) is 43.9 Å². The zero-order valence-corrected chi connectivity index (χ0v) is 12.5. The first-order valence-electron chi connectivity index (χ1n) is 6.76. The number of nitrogens with zero attached hydrogens (tertiary/aromatic N) is 2. The van der Waals surface area contributed by atoms with Gasteiger partial charge in [-0.3, -0.25) is 0 Å². The number of rotatable bonds is 6. The molecule has 1 heterocycles. The van der Waals surface area contributed by atoms with E-state index >= 15 is 0 Å². The fraction of sp³-hybridized carbons (Fsp3) is 0.312. The maximum Gasteiger partial charge on any atom is 0.141 e. The summed E-state index contributed by atoms with van der Waals surface area (Å²) in [6.45, 7) is 0.665. The van der Waals surface area contributed by atoms with Gasteiger partial charge in [0.05, 0.1) is 19.3 Å². The number of methoxy groups -OCH3 is 1. The Balaban J connectivity index is 2.10. The molecule has 0 spiro atoms. The van der Waals surface area contributed by atoms with E-state index in [0.29, 0.717) is 12.4 Å². The lowest BCUT2D eigenvalue weighted by Gasteiger charge is -2.25. The van der Waals surface area contributed by atoms with Gasteiger partial charge in [0.15, 0.2) is 0 Å². The highest BCUT2D eigenvalue weighted by Crippen LogP contribution is 2.23. The topological polar surface area (TPSA) is 37.4 Å². The van der Waals surface area contributed by atoms with Crippen molar-refractivity contribution in [3.63, 3.8) is 0 Å². The Labute approximate surface area is 124 Å². The summed E-state index contributed by atoms with van der Waals surface area (Å²) in [6.07, 6.45) is 1.21. The molecule has 5 heteroatoms. The number of ether oxygens (including phenoxy) is 1. The van der Waals surface area contributed by atoms with Gasteiger partial charge in [0.2, 0.25) is 0 Å². The van der Waals surface area contributed by atoms with Crippen LogP contribution in [-0.2, 0) is 0 Å². The quantitative estimate of drug-likeness (QED) is 0.887. The van der Waals surface area contributed by atoms with E-state index < -0.39 is 0 Å². The lowest BCUT2D eigenvalue weighted by atomic mass is 10.1. The van der Waals surface area contributed by atoms with E-state index in [4.69, 9.17) is 4.74 Å². The van der Waals surface area contributed by atoms with Crippen molar-refractivity contribution < 1.29 is 9.13 Å². The van der Waals surface area contributed by atoms with Gasteiger partial charge in [0.25, 0.3) is 0 Å². The Morgan fingerprint density at radius 3 is 2.71 bits per heavy atom. The molecule has 0 amide bonds. The third-order valence-corrected chi connectivity index (χ3v) is 3.31. The van der Waals surface area contributed by atoms with Crippen LogP contribution >= 0.6 is 0 Å². The van der Waals surface area contributed by atoms with Crippen LogP contribution in [-0.4, -0.2) is 37.6 Å². The van der Waals surface area contributed by atoms with Crippen molar-refractivity contribution in [1.29, 1.82) is 0 Å². The highest BCUT2D eigenvalue weighted by Gasteiger charge is 2.14. The lowest BCUT2D eigenvalue weighted by Crippen LogP contribution is -2.27. The summed E-state index contributed by atoms with van der Waals surface area (Å²) in [5, 5.41) is 3.23. The zero-order chi connectivity index (χ0) is 15.2. The molecule has 0 saturated heterocycles. The van der Waals surface area contributed by atoms with Crippen LogP contribution < -0.4 is 10.1 Å². The molecule has 0 aliphatic carbocycles. The predicted octanol–water partition coefficient (Wildman–Crippen LogP) is 2.94. The maximum atomic E-state index is 12.8. The fourth-order valence-corrected chi connectivity index (χ4v) is 2.13. The van der Waals surface area contributed by atoms with Gasteiger partial charge in [0, 0.05) is 6.54 Å². The van der Waals surface area contributed by atoms with Crippen LogP contribution in [0.4, 0.5) is 10.2 Å². The molecule has 0 saturated carbocycles. The Morgan fingerprint density at radius 2 is 2.10 bits per heavy atom. The molecule has 0 radical (unpaired) electrons. The molecule has 21 heavy (non-hydrogen) atoms. The standard InChI is InChI=1S/C16H20FN3O/c1-20(2)15(12-5-4-6-14(9-12)21-3)11-19-16-8-7-13(17)10-18-16/h4-10,15H,11H2,1-3H3,(H,18,19). The molecular formula is C16H20FN3O. The zero-order valence-electron chi connectivity index (χ0n) is 12.5. The largest absolute Gasteiger partial charge is 0.497 e. The summed E-state index contributed by atoms with van der Waals surface area (Å²) in [5.74, 6) is 1.16. The maximum absolute atomic E-state index is 12.8. The summed E-state index contributed by atoms with van der Waals surface area (Å²) in [4.78, 5) is 6.12. The number of aromatic nitrogens is 1. The van der Waals surface area contributed by atoms with Crippen LogP contribution in [0.15, 0.2) is 42.6 Å². The van der Waals surface area contributed by atoms with Crippen LogP contribution in [0, 0.1) is 5.82 Å². The minimum absolute atomic E-state index is 0.159. The normalized spacial score (nSPS) is 12.2. The van der Waals surface area contributed by atoms with E-state index in [1.54, 1.807) is 13.2 Å². The molecule has 0 aliphatic rings. The Hall–Kier alpha value is -2.14. The second kappa shape index (κ2) is 7.04. The average molecular weight is 289 g/mol. The minimum atomic E-state index is -0.336. The molecule has 1 aromatic carbocycles. The van der Waals surface area contributed by atoms with Crippen molar-refractivity contribution in [2.24, 2.45) is 0 Å². The number of pyridine rings is 1. The summed E-state index contributed by atoms with van der Waals surface area (Å²) < 4.78 is 18.1. The Bertz CT molecular complexity index is 572. The Morgan fingerprint density at radius 1 is 1.29 bits per heavy atom. The second-order valence-electron chi connectivity index (χ2n) is 5.00.